The van der Waals surface area contributed by atoms with Crippen LogP contribution in [0.1, 0.15) is 35.3 Å². The lowest BCUT2D eigenvalue weighted by atomic mass is 10.0. The van der Waals surface area contributed by atoms with Crippen molar-refractivity contribution in [2.45, 2.75) is 24.2 Å². The summed E-state index contributed by atoms with van der Waals surface area (Å²) < 4.78 is 0. The van der Waals surface area contributed by atoms with Crippen LogP contribution in [-0.4, -0.2) is 5.78 Å². The second kappa shape index (κ2) is 7.33. The van der Waals surface area contributed by atoms with Gasteiger partial charge < -0.3 is 0 Å². The van der Waals surface area contributed by atoms with Crippen LogP contribution in [-0.2, 0) is 4.79 Å². The van der Waals surface area contributed by atoms with Gasteiger partial charge in [-0.3, -0.25) is 4.79 Å². The number of benzene rings is 3. The average Bonchev–Trinajstić information content (AvgIpc) is 2.69. The smallest absolute Gasteiger partial charge is 0.134 e. The molecule has 2 heteroatoms. The average molecular weight is 344 g/mol. The Labute approximate surface area is 150 Å². The highest BCUT2D eigenvalue weighted by atomic mass is 31.1. The Balaban J connectivity index is 1.83. The lowest BCUT2D eigenvalue weighted by molar-refractivity contribution is -0.119. The van der Waals surface area contributed by atoms with E-state index in [1.807, 2.05) is 12.1 Å². The molecule has 0 N–H and O–H groups in total. The van der Waals surface area contributed by atoms with Gasteiger partial charge in [-0.15, -0.1) is 0 Å². The summed E-state index contributed by atoms with van der Waals surface area (Å²) in [5, 5.41) is 1.40. The van der Waals surface area contributed by atoms with E-state index in [4.69, 9.17) is 0 Å². The van der Waals surface area contributed by atoms with E-state index >= 15 is 0 Å². The molecule has 4 rings (SSSR count). The summed E-state index contributed by atoms with van der Waals surface area (Å²) in [5.74, 6) is 0.386. The molecular weight excluding hydrogens is 323 g/mol. The molecule has 0 aromatic heterocycles. The molecule has 0 spiro atoms. The van der Waals surface area contributed by atoms with Crippen molar-refractivity contribution in [1.82, 2.24) is 0 Å². The van der Waals surface area contributed by atoms with Gasteiger partial charge in [0.15, 0.2) is 0 Å². The van der Waals surface area contributed by atoms with Crippen molar-refractivity contribution >= 4 is 19.0 Å². The molecule has 1 aliphatic rings. The van der Waals surface area contributed by atoms with Gasteiger partial charge in [0.2, 0.25) is 0 Å². The predicted molar refractivity (Wildman–Crippen MR) is 106 cm³/mol. The molecule has 1 aliphatic heterocycles. The summed E-state index contributed by atoms with van der Waals surface area (Å²) in [6.07, 6.45) is 1.32. The van der Waals surface area contributed by atoms with Crippen LogP contribution in [0.4, 0.5) is 0 Å². The van der Waals surface area contributed by atoms with Crippen molar-refractivity contribution in [2.75, 3.05) is 0 Å². The molecule has 3 aromatic rings. The Morgan fingerprint density at radius 2 is 1.00 bits per heavy atom. The Bertz CT molecular complexity index is 778. The van der Waals surface area contributed by atoms with E-state index < -0.39 is 7.92 Å². The van der Waals surface area contributed by atoms with Gasteiger partial charge in [-0.05, 0) is 16.4 Å². The first kappa shape index (κ1) is 16.2. The van der Waals surface area contributed by atoms with Gasteiger partial charge in [0.05, 0.1) is 0 Å². The number of hydrogen-bond acceptors (Lipinski definition) is 1. The SMILES string of the molecule is O=C1C[C@@H](c2ccccc2)P(c2ccccc2)[C@H](c2ccccc2)C1. The van der Waals surface area contributed by atoms with E-state index in [1.165, 1.54) is 16.4 Å². The highest BCUT2D eigenvalue weighted by Gasteiger charge is 2.39. The van der Waals surface area contributed by atoms with Crippen LogP contribution < -0.4 is 5.30 Å². The molecule has 1 saturated heterocycles. The van der Waals surface area contributed by atoms with E-state index in [-0.39, 0.29) is 0 Å². The molecule has 1 heterocycles. The van der Waals surface area contributed by atoms with Crippen LogP contribution in [0.3, 0.4) is 0 Å². The van der Waals surface area contributed by atoms with Gasteiger partial charge in [-0.1, -0.05) is 98.9 Å². The first-order chi connectivity index (χ1) is 12.3. The Morgan fingerprint density at radius 1 is 0.600 bits per heavy atom. The summed E-state index contributed by atoms with van der Waals surface area (Å²) in [6.45, 7) is 0. The molecule has 3 aromatic carbocycles. The highest BCUT2D eigenvalue weighted by molar-refractivity contribution is 7.66. The fourth-order valence-corrected chi connectivity index (χ4v) is 7.25. The number of Topliss-reactive ketones (excluding diaryl/α,β-unsaturated/α-hetero) is 1. The van der Waals surface area contributed by atoms with Crippen molar-refractivity contribution in [3.63, 3.8) is 0 Å². The molecule has 0 unspecified atom stereocenters. The van der Waals surface area contributed by atoms with Gasteiger partial charge in [0.1, 0.15) is 5.78 Å². The number of rotatable bonds is 3. The minimum atomic E-state index is -0.494. The summed E-state index contributed by atoms with van der Waals surface area (Å²) in [4.78, 5) is 12.6. The quantitative estimate of drug-likeness (QED) is 0.562. The zero-order valence-electron chi connectivity index (χ0n) is 14.1. The summed E-state index contributed by atoms with van der Waals surface area (Å²) in [7, 11) is -0.494. The number of carbonyl (C=O) groups is 1. The highest BCUT2D eigenvalue weighted by Crippen LogP contribution is 2.65. The lowest BCUT2D eigenvalue weighted by Gasteiger charge is -2.39. The molecule has 0 saturated carbocycles. The van der Waals surface area contributed by atoms with Crippen LogP contribution in [0.15, 0.2) is 91.0 Å². The van der Waals surface area contributed by atoms with Crippen molar-refractivity contribution in [3.05, 3.63) is 102 Å². The topological polar surface area (TPSA) is 17.1 Å². The maximum absolute atomic E-state index is 12.6. The molecule has 0 aliphatic carbocycles. The third-order valence-corrected chi connectivity index (χ3v) is 8.14. The van der Waals surface area contributed by atoms with Crippen LogP contribution in [0.2, 0.25) is 0 Å². The third-order valence-electron chi connectivity index (χ3n) is 4.94. The van der Waals surface area contributed by atoms with Crippen LogP contribution in [0.5, 0.6) is 0 Å². The van der Waals surface area contributed by atoms with Crippen molar-refractivity contribution in [1.29, 1.82) is 0 Å². The normalized spacial score (nSPS) is 21.2. The van der Waals surface area contributed by atoms with Crippen LogP contribution >= 0.6 is 7.92 Å². The minimum Gasteiger partial charge on any atom is -0.300 e. The van der Waals surface area contributed by atoms with Crippen molar-refractivity contribution in [2.24, 2.45) is 0 Å². The van der Waals surface area contributed by atoms with Gasteiger partial charge in [0, 0.05) is 24.2 Å². The van der Waals surface area contributed by atoms with Crippen LogP contribution in [0.25, 0.3) is 0 Å². The van der Waals surface area contributed by atoms with E-state index in [9.17, 15) is 4.79 Å². The van der Waals surface area contributed by atoms with Crippen LogP contribution in [0, 0.1) is 0 Å². The van der Waals surface area contributed by atoms with E-state index in [0.717, 1.165) is 0 Å². The summed E-state index contributed by atoms with van der Waals surface area (Å²) in [5.41, 5.74) is 3.19. The van der Waals surface area contributed by atoms with Gasteiger partial charge in [0.25, 0.3) is 0 Å². The van der Waals surface area contributed by atoms with Gasteiger partial charge in [-0.25, -0.2) is 0 Å². The second-order valence-corrected chi connectivity index (χ2v) is 9.12. The first-order valence-electron chi connectivity index (χ1n) is 8.78. The number of ketones is 1. The zero-order chi connectivity index (χ0) is 17.1. The molecule has 0 bridgehead atoms. The number of hydrogen-bond donors (Lipinski definition) is 0. The fourth-order valence-electron chi connectivity index (χ4n) is 3.80. The van der Waals surface area contributed by atoms with E-state index in [0.29, 0.717) is 29.9 Å². The largest absolute Gasteiger partial charge is 0.300 e. The molecule has 2 atom stereocenters. The molecule has 0 amide bonds. The van der Waals surface area contributed by atoms with Crippen molar-refractivity contribution < 1.29 is 4.79 Å². The predicted octanol–water partition coefficient (Wildman–Crippen LogP) is 5.64. The summed E-state index contributed by atoms with van der Waals surface area (Å²) in [6, 6.07) is 32.0. The molecule has 0 radical (unpaired) electrons. The summed E-state index contributed by atoms with van der Waals surface area (Å²) >= 11 is 0. The molecule has 25 heavy (non-hydrogen) atoms. The van der Waals surface area contributed by atoms with Gasteiger partial charge >= 0.3 is 0 Å². The first-order valence-corrected chi connectivity index (χ1v) is 10.3. The van der Waals surface area contributed by atoms with Crippen molar-refractivity contribution in [3.8, 4) is 0 Å². The van der Waals surface area contributed by atoms with E-state index in [1.54, 1.807) is 0 Å². The Hall–Kier alpha value is -2.24. The maximum atomic E-state index is 12.6. The van der Waals surface area contributed by atoms with Gasteiger partial charge in [-0.2, -0.15) is 0 Å². The Kier molecular flexibility index (Phi) is 4.76. The maximum Gasteiger partial charge on any atom is 0.134 e. The lowest BCUT2D eigenvalue weighted by Crippen LogP contribution is -2.23. The number of carbonyl (C=O) groups excluding carboxylic acids is 1. The van der Waals surface area contributed by atoms with E-state index in [2.05, 4.69) is 78.9 Å². The molecule has 124 valence electrons. The molecule has 1 fully saturated rings. The second-order valence-electron chi connectivity index (χ2n) is 6.54. The minimum absolute atomic E-state index is 0.296. The molecule has 1 nitrogen and oxygen atoms in total. The molecular formula is C23H21OP. The zero-order valence-corrected chi connectivity index (χ0v) is 15.0. The Morgan fingerprint density at radius 3 is 1.44 bits per heavy atom. The fraction of sp³-hybridized carbons (Fsp3) is 0.174. The standard InChI is InChI=1S/C23H21OP/c24-20-16-22(18-10-4-1-5-11-18)25(21-14-8-3-9-15-21)23(17-20)19-12-6-2-7-13-19/h1-15,22-23H,16-17H2/t22-,23-/m0/s1. The monoisotopic (exact) mass is 344 g/mol. The third kappa shape index (κ3) is 3.43.